The molecule has 1 heterocycles. The average Bonchev–Trinajstić information content (AvgIpc) is 3.23. The van der Waals surface area contributed by atoms with E-state index in [0.717, 1.165) is 12.1 Å². The largest absolute Gasteiger partial charge is 0.390 e. The Morgan fingerprint density at radius 3 is 2.38 bits per heavy atom. The normalized spacial score (nSPS) is 15.2. The van der Waals surface area contributed by atoms with Crippen LogP contribution in [-0.4, -0.2) is 29.2 Å². The number of benzene rings is 3. The molecule has 1 atom stereocenters. The first-order valence-electron chi connectivity index (χ1n) is 9.87. The Labute approximate surface area is 181 Å². The van der Waals surface area contributed by atoms with E-state index in [0.29, 0.717) is 5.56 Å². The summed E-state index contributed by atoms with van der Waals surface area (Å²) in [6.07, 6.45) is -0.446. The number of carbonyl (C=O) groups excluding carboxylic acids is 1. The van der Waals surface area contributed by atoms with Crippen molar-refractivity contribution in [1.82, 2.24) is 4.90 Å². The monoisotopic (exact) mass is 442 g/mol. The van der Waals surface area contributed by atoms with Gasteiger partial charge in [0.1, 0.15) is 23.3 Å². The second-order valence-electron chi connectivity index (χ2n) is 7.39. The Morgan fingerprint density at radius 1 is 0.938 bits per heavy atom. The lowest BCUT2D eigenvalue weighted by Gasteiger charge is -2.25. The highest BCUT2D eigenvalue weighted by atomic mass is 19.1. The molecular formula is C24H18F4N2O2. The van der Waals surface area contributed by atoms with Gasteiger partial charge < -0.3 is 9.74 Å². The van der Waals surface area contributed by atoms with E-state index in [1.54, 1.807) is 6.07 Å². The molecule has 32 heavy (non-hydrogen) atoms. The van der Waals surface area contributed by atoms with Crippen molar-refractivity contribution in [1.29, 1.82) is 0 Å². The molecular weight excluding hydrogens is 424 g/mol. The molecule has 1 aliphatic heterocycles. The van der Waals surface area contributed by atoms with Crippen molar-refractivity contribution >= 4 is 11.6 Å². The van der Waals surface area contributed by atoms with Crippen LogP contribution in [0.25, 0.3) is 0 Å². The number of hydrogen-bond donors (Lipinski definition) is 0. The van der Waals surface area contributed by atoms with Crippen LogP contribution in [-0.2, 0) is 11.4 Å². The van der Waals surface area contributed by atoms with Crippen LogP contribution in [0, 0.1) is 23.3 Å². The molecule has 1 amide bonds. The average molecular weight is 442 g/mol. The van der Waals surface area contributed by atoms with E-state index in [1.807, 2.05) is 0 Å². The molecule has 0 spiro atoms. The molecule has 1 unspecified atom stereocenters. The van der Waals surface area contributed by atoms with Gasteiger partial charge >= 0.3 is 0 Å². The number of hydrogen-bond acceptors (Lipinski definition) is 3. The van der Waals surface area contributed by atoms with Crippen LogP contribution < -0.4 is 0 Å². The maximum Gasteiger partial charge on any atom is 0.257 e. The van der Waals surface area contributed by atoms with Crippen LogP contribution in [0.15, 0.2) is 71.9 Å². The van der Waals surface area contributed by atoms with E-state index in [4.69, 9.17) is 4.84 Å². The Balaban J connectivity index is 1.53. The van der Waals surface area contributed by atoms with Crippen LogP contribution in [0.5, 0.6) is 0 Å². The highest BCUT2D eigenvalue weighted by molar-refractivity contribution is 6.01. The van der Waals surface area contributed by atoms with Crippen LogP contribution >= 0.6 is 0 Å². The van der Waals surface area contributed by atoms with Crippen molar-refractivity contribution < 1.29 is 27.2 Å². The van der Waals surface area contributed by atoms with Crippen molar-refractivity contribution in [3.05, 3.63) is 107 Å². The summed E-state index contributed by atoms with van der Waals surface area (Å²) in [6, 6.07) is 14.3. The quantitative estimate of drug-likeness (QED) is 0.500. The number of rotatable bonds is 6. The minimum Gasteiger partial charge on any atom is -0.390 e. The molecule has 4 rings (SSSR count). The third kappa shape index (κ3) is 4.80. The molecule has 0 N–H and O–H groups in total. The fraction of sp³-hybridized carbons (Fsp3) is 0.167. The van der Waals surface area contributed by atoms with E-state index in [1.165, 1.54) is 53.4 Å². The van der Waals surface area contributed by atoms with Gasteiger partial charge in [0.05, 0.1) is 17.8 Å². The minimum absolute atomic E-state index is 0.0281. The highest BCUT2D eigenvalue weighted by Crippen LogP contribution is 2.22. The lowest BCUT2D eigenvalue weighted by molar-refractivity contribution is 0.0402. The smallest absolute Gasteiger partial charge is 0.257 e. The molecule has 0 saturated heterocycles. The maximum absolute atomic E-state index is 14.2. The van der Waals surface area contributed by atoms with Crippen molar-refractivity contribution in [2.75, 3.05) is 6.54 Å². The topological polar surface area (TPSA) is 41.9 Å². The van der Waals surface area contributed by atoms with Gasteiger partial charge in [-0.1, -0.05) is 29.4 Å². The second-order valence-corrected chi connectivity index (χ2v) is 7.39. The fourth-order valence-electron chi connectivity index (χ4n) is 3.49. The summed E-state index contributed by atoms with van der Waals surface area (Å²) in [5.74, 6) is -3.13. The van der Waals surface area contributed by atoms with E-state index in [9.17, 15) is 22.4 Å². The number of nitrogens with zero attached hydrogens (tertiary/aromatic N) is 2. The van der Waals surface area contributed by atoms with Gasteiger partial charge in [0, 0.05) is 24.6 Å². The predicted molar refractivity (Wildman–Crippen MR) is 110 cm³/mol. The van der Waals surface area contributed by atoms with Gasteiger partial charge in [-0.05, 0) is 42.0 Å². The van der Waals surface area contributed by atoms with Crippen LogP contribution in [0.2, 0.25) is 0 Å². The fourth-order valence-corrected chi connectivity index (χ4v) is 3.49. The van der Waals surface area contributed by atoms with E-state index >= 15 is 0 Å². The number of oxime groups is 1. The van der Waals surface area contributed by atoms with Crippen molar-refractivity contribution in [2.45, 2.75) is 19.1 Å². The van der Waals surface area contributed by atoms with Gasteiger partial charge in [-0.3, -0.25) is 4.79 Å². The molecule has 0 aliphatic carbocycles. The van der Waals surface area contributed by atoms with Crippen molar-refractivity contribution in [2.24, 2.45) is 5.16 Å². The molecule has 0 fully saturated rings. The third-order valence-electron chi connectivity index (χ3n) is 5.08. The second kappa shape index (κ2) is 9.21. The summed E-state index contributed by atoms with van der Waals surface area (Å²) in [6.45, 7) is 0.105. The van der Waals surface area contributed by atoms with Gasteiger partial charge in [-0.25, -0.2) is 17.6 Å². The number of carbonyl (C=O) groups is 1. The Kier molecular flexibility index (Phi) is 6.20. The summed E-state index contributed by atoms with van der Waals surface area (Å²) >= 11 is 0. The SMILES string of the molecule is O=C(c1ccccc1F)N(Cc1ccc(F)cc1)CC1CC(c2ccc(F)cc2F)=NO1. The Bertz CT molecular complexity index is 1160. The van der Waals surface area contributed by atoms with E-state index < -0.39 is 35.3 Å². The Morgan fingerprint density at radius 2 is 1.66 bits per heavy atom. The zero-order valence-corrected chi connectivity index (χ0v) is 16.8. The lowest BCUT2D eigenvalue weighted by Crippen LogP contribution is -2.37. The van der Waals surface area contributed by atoms with Gasteiger partial charge in [0.25, 0.3) is 5.91 Å². The third-order valence-corrected chi connectivity index (χ3v) is 5.08. The molecule has 3 aromatic carbocycles. The van der Waals surface area contributed by atoms with E-state index in [-0.39, 0.29) is 36.3 Å². The van der Waals surface area contributed by atoms with Crippen LogP contribution in [0.3, 0.4) is 0 Å². The van der Waals surface area contributed by atoms with Gasteiger partial charge in [-0.2, -0.15) is 0 Å². The van der Waals surface area contributed by atoms with Crippen LogP contribution in [0.4, 0.5) is 17.6 Å². The zero-order valence-electron chi connectivity index (χ0n) is 16.8. The standard InChI is InChI=1S/C24H18F4N2O2/c25-16-7-5-15(6-8-16)13-30(24(31)20-3-1-2-4-21(20)27)14-18-12-23(29-32-18)19-10-9-17(26)11-22(19)28/h1-11,18H,12-14H2. The van der Waals surface area contributed by atoms with Gasteiger partial charge in [0.2, 0.25) is 0 Å². The van der Waals surface area contributed by atoms with Crippen molar-refractivity contribution in [3.8, 4) is 0 Å². The van der Waals surface area contributed by atoms with Gasteiger partial charge in [0.15, 0.2) is 6.10 Å². The summed E-state index contributed by atoms with van der Waals surface area (Å²) in [5.41, 5.74) is 0.921. The summed E-state index contributed by atoms with van der Waals surface area (Å²) < 4.78 is 54.8. The first-order chi connectivity index (χ1) is 15.4. The predicted octanol–water partition coefficient (Wildman–Crippen LogP) is 5.08. The molecule has 0 bridgehead atoms. The van der Waals surface area contributed by atoms with Gasteiger partial charge in [-0.15, -0.1) is 0 Å². The van der Waals surface area contributed by atoms with Crippen molar-refractivity contribution in [3.63, 3.8) is 0 Å². The Hall–Kier alpha value is -3.68. The molecule has 164 valence electrons. The highest BCUT2D eigenvalue weighted by Gasteiger charge is 2.29. The molecule has 0 radical (unpaired) electrons. The summed E-state index contributed by atoms with van der Waals surface area (Å²) in [4.78, 5) is 19.8. The molecule has 3 aromatic rings. The maximum atomic E-state index is 14.2. The minimum atomic E-state index is -0.765. The number of amides is 1. The molecule has 1 aliphatic rings. The summed E-state index contributed by atoms with van der Waals surface area (Å²) in [5, 5.41) is 3.89. The molecule has 0 saturated carbocycles. The lowest BCUT2D eigenvalue weighted by atomic mass is 10.0. The number of halogens is 4. The van der Waals surface area contributed by atoms with Crippen LogP contribution in [0.1, 0.15) is 27.9 Å². The molecule has 4 nitrogen and oxygen atoms in total. The zero-order chi connectivity index (χ0) is 22.7. The first kappa shape index (κ1) is 21.5. The first-order valence-corrected chi connectivity index (χ1v) is 9.87. The molecule has 0 aromatic heterocycles. The van der Waals surface area contributed by atoms with E-state index in [2.05, 4.69) is 5.16 Å². The molecule has 8 heteroatoms. The summed E-state index contributed by atoms with van der Waals surface area (Å²) in [7, 11) is 0.